The van der Waals surface area contributed by atoms with Gasteiger partial charge in [0.1, 0.15) is 17.1 Å². The van der Waals surface area contributed by atoms with Crippen LogP contribution in [0.15, 0.2) is 17.8 Å². The van der Waals surface area contributed by atoms with E-state index in [1.54, 1.807) is 11.3 Å². The number of hydrogen-bond acceptors (Lipinski definition) is 5. The average molecular weight is 315 g/mol. The molecule has 3 aromatic rings. The molecule has 0 radical (unpaired) electrons. The Morgan fingerprint density at radius 2 is 2.38 bits per heavy atom. The minimum Gasteiger partial charge on any atom is -0.343 e. The van der Waals surface area contributed by atoms with Gasteiger partial charge in [-0.1, -0.05) is 12.2 Å². The number of nitriles is 1. The molecule has 0 amide bonds. The first-order valence-electron chi connectivity index (χ1n) is 6.43. The maximum Gasteiger partial charge on any atom is 0.153 e. The predicted molar refractivity (Wildman–Crippen MR) is 86.7 cm³/mol. The van der Waals surface area contributed by atoms with Gasteiger partial charge in [0, 0.05) is 13.1 Å². The van der Waals surface area contributed by atoms with Gasteiger partial charge in [-0.25, -0.2) is 4.98 Å². The maximum absolute atomic E-state index is 9.61. The quantitative estimate of drug-likeness (QED) is 0.728. The van der Waals surface area contributed by atoms with Gasteiger partial charge >= 0.3 is 0 Å². The third-order valence-corrected chi connectivity index (χ3v) is 4.72. The van der Waals surface area contributed by atoms with Gasteiger partial charge in [0.15, 0.2) is 4.64 Å². The predicted octanol–water partition coefficient (Wildman–Crippen LogP) is 2.96. The van der Waals surface area contributed by atoms with E-state index in [4.69, 9.17) is 18.0 Å². The fourth-order valence-electron chi connectivity index (χ4n) is 2.51. The fraction of sp³-hybridized carbons (Fsp3) is 0.214. The van der Waals surface area contributed by atoms with Crippen LogP contribution in [0.2, 0.25) is 0 Å². The van der Waals surface area contributed by atoms with Gasteiger partial charge in [-0.05, 0) is 23.9 Å². The third kappa shape index (κ3) is 2.08. The van der Waals surface area contributed by atoms with Crippen molar-refractivity contribution in [3.63, 3.8) is 0 Å². The molecule has 0 spiro atoms. The van der Waals surface area contributed by atoms with Crippen LogP contribution in [0.4, 0.5) is 0 Å². The van der Waals surface area contributed by atoms with Gasteiger partial charge in [-0.3, -0.25) is 0 Å². The number of thiophene rings is 1. The van der Waals surface area contributed by atoms with Gasteiger partial charge in [0.2, 0.25) is 0 Å². The summed E-state index contributed by atoms with van der Waals surface area (Å²) in [6.45, 7) is 3.10. The van der Waals surface area contributed by atoms with E-state index in [-0.39, 0.29) is 0 Å². The van der Waals surface area contributed by atoms with E-state index < -0.39 is 0 Å². The van der Waals surface area contributed by atoms with Crippen LogP contribution in [0.1, 0.15) is 11.1 Å². The molecule has 3 aromatic heterocycles. The van der Waals surface area contributed by atoms with Crippen molar-refractivity contribution >= 4 is 34.6 Å². The number of rotatable bonds is 3. The monoisotopic (exact) mass is 315 g/mol. The number of aryl methyl sites for hydroxylation is 1. The van der Waals surface area contributed by atoms with Crippen molar-refractivity contribution in [2.75, 3.05) is 6.54 Å². The summed E-state index contributed by atoms with van der Waals surface area (Å²) in [5, 5.41) is 11.6. The van der Waals surface area contributed by atoms with Crippen LogP contribution in [-0.4, -0.2) is 21.1 Å². The second-order valence-corrected chi connectivity index (χ2v) is 5.94. The molecule has 0 saturated carbocycles. The lowest BCUT2D eigenvalue weighted by molar-refractivity contribution is 0.739. The summed E-state index contributed by atoms with van der Waals surface area (Å²) in [7, 11) is 0. The summed E-state index contributed by atoms with van der Waals surface area (Å²) in [6, 6.07) is 4.34. The van der Waals surface area contributed by atoms with E-state index in [1.165, 1.54) is 6.33 Å². The van der Waals surface area contributed by atoms with Gasteiger partial charge in [0.05, 0.1) is 22.4 Å². The molecule has 0 saturated heterocycles. The smallest absolute Gasteiger partial charge is 0.153 e. The molecule has 106 valence electrons. The first kappa shape index (κ1) is 13.9. The molecule has 0 aliphatic heterocycles. The highest BCUT2D eigenvalue weighted by molar-refractivity contribution is 7.71. The minimum atomic E-state index is 0.468. The van der Waals surface area contributed by atoms with Crippen LogP contribution in [0.25, 0.3) is 21.6 Å². The number of fused-ring (bicyclic) bond motifs is 1. The molecule has 0 aliphatic rings. The van der Waals surface area contributed by atoms with Crippen molar-refractivity contribution in [3.05, 3.63) is 33.5 Å². The Morgan fingerprint density at radius 1 is 1.57 bits per heavy atom. The topological polar surface area (TPSA) is 83.4 Å². The standard InChI is InChI=1S/C14H13N5S2/c1-8-2-5-21-13(8)11-9(6-16)10-12(19(11)4-3-15)14(20)18-7-17-10/h2,5,7H,3-4,15H2,1H3,(H,17,18,20). The molecule has 0 aromatic carbocycles. The van der Waals surface area contributed by atoms with Crippen molar-refractivity contribution in [3.8, 4) is 16.6 Å². The van der Waals surface area contributed by atoms with E-state index in [1.807, 2.05) is 22.9 Å². The summed E-state index contributed by atoms with van der Waals surface area (Å²) in [6.07, 6.45) is 1.53. The highest BCUT2D eigenvalue weighted by Crippen LogP contribution is 2.37. The Balaban J connectivity index is 2.51. The molecule has 5 nitrogen and oxygen atoms in total. The molecule has 3 heterocycles. The third-order valence-electron chi connectivity index (χ3n) is 3.40. The van der Waals surface area contributed by atoms with Crippen molar-refractivity contribution in [1.82, 2.24) is 14.5 Å². The van der Waals surface area contributed by atoms with Crippen LogP contribution >= 0.6 is 23.6 Å². The second-order valence-electron chi connectivity index (χ2n) is 4.64. The molecule has 0 bridgehead atoms. The van der Waals surface area contributed by atoms with E-state index >= 15 is 0 Å². The first-order valence-corrected chi connectivity index (χ1v) is 7.72. The molecule has 0 atom stereocenters. The van der Waals surface area contributed by atoms with E-state index in [9.17, 15) is 5.26 Å². The van der Waals surface area contributed by atoms with Gasteiger partial charge < -0.3 is 15.3 Å². The summed E-state index contributed by atoms with van der Waals surface area (Å²) in [4.78, 5) is 8.26. The largest absolute Gasteiger partial charge is 0.343 e. The Kier molecular flexibility index (Phi) is 3.59. The van der Waals surface area contributed by atoms with Crippen molar-refractivity contribution in [2.24, 2.45) is 5.73 Å². The normalized spacial score (nSPS) is 10.9. The molecule has 3 N–H and O–H groups in total. The highest BCUT2D eigenvalue weighted by Gasteiger charge is 2.21. The van der Waals surface area contributed by atoms with Crippen LogP contribution in [0.5, 0.6) is 0 Å². The Labute approximate surface area is 130 Å². The number of aromatic amines is 1. The van der Waals surface area contributed by atoms with Crippen LogP contribution in [0, 0.1) is 22.9 Å². The van der Waals surface area contributed by atoms with Crippen molar-refractivity contribution in [1.29, 1.82) is 5.26 Å². The van der Waals surface area contributed by atoms with E-state index in [0.717, 1.165) is 27.2 Å². The Bertz CT molecular complexity index is 910. The van der Waals surface area contributed by atoms with Crippen LogP contribution in [-0.2, 0) is 6.54 Å². The van der Waals surface area contributed by atoms with Gasteiger partial charge in [0.25, 0.3) is 0 Å². The lowest BCUT2D eigenvalue weighted by Gasteiger charge is -2.09. The van der Waals surface area contributed by atoms with Crippen LogP contribution in [0.3, 0.4) is 0 Å². The number of nitrogens with two attached hydrogens (primary N) is 1. The zero-order valence-electron chi connectivity index (χ0n) is 11.4. The van der Waals surface area contributed by atoms with Crippen molar-refractivity contribution < 1.29 is 0 Å². The molecule has 21 heavy (non-hydrogen) atoms. The zero-order valence-corrected chi connectivity index (χ0v) is 13.0. The SMILES string of the molecule is Cc1ccsc1-c1c(C#N)c2[nH]cnc(=S)c2n1CCN. The summed E-state index contributed by atoms with van der Waals surface area (Å²) in [5.74, 6) is 0. The lowest BCUT2D eigenvalue weighted by atomic mass is 10.1. The molecule has 0 unspecified atom stereocenters. The second kappa shape index (κ2) is 5.41. The number of nitrogens with zero attached hydrogens (tertiary/aromatic N) is 3. The summed E-state index contributed by atoms with van der Waals surface area (Å²) in [5.41, 5.74) is 9.86. The average Bonchev–Trinajstić information content (AvgIpc) is 3.01. The summed E-state index contributed by atoms with van der Waals surface area (Å²) < 4.78 is 2.49. The van der Waals surface area contributed by atoms with Gasteiger partial charge in [-0.2, -0.15) is 5.26 Å². The van der Waals surface area contributed by atoms with Crippen LogP contribution < -0.4 is 5.73 Å². The number of aromatic nitrogens is 3. The molecule has 0 fully saturated rings. The fourth-order valence-corrected chi connectivity index (χ4v) is 3.76. The molecule has 3 rings (SSSR count). The minimum absolute atomic E-state index is 0.468. The number of hydrogen-bond donors (Lipinski definition) is 2. The highest BCUT2D eigenvalue weighted by atomic mass is 32.1. The number of nitrogens with one attached hydrogen (secondary N) is 1. The lowest BCUT2D eigenvalue weighted by Crippen LogP contribution is -2.11. The first-order chi connectivity index (χ1) is 10.2. The Morgan fingerprint density at radius 3 is 3.00 bits per heavy atom. The zero-order chi connectivity index (χ0) is 15.0. The van der Waals surface area contributed by atoms with E-state index in [2.05, 4.69) is 16.0 Å². The maximum atomic E-state index is 9.61. The van der Waals surface area contributed by atoms with Gasteiger partial charge in [-0.15, -0.1) is 11.3 Å². The Hall–Kier alpha value is -2.01. The number of H-pyrrole nitrogens is 1. The summed E-state index contributed by atoms with van der Waals surface area (Å²) >= 11 is 6.95. The van der Waals surface area contributed by atoms with E-state index in [0.29, 0.717) is 23.3 Å². The molecule has 0 aliphatic carbocycles. The molecular weight excluding hydrogens is 302 g/mol. The molecular formula is C14H13N5S2. The molecule has 7 heteroatoms. The van der Waals surface area contributed by atoms with Crippen molar-refractivity contribution in [2.45, 2.75) is 13.5 Å².